The number of ether oxygens (including phenoxy) is 3. The van der Waals surface area contributed by atoms with Gasteiger partial charge < -0.3 is 19.2 Å². The van der Waals surface area contributed by atoms with Gasteiger partial charge in [0.05, 0.1) is 25.0 Å². The van der Waals surface area contributed by atoms with Gasteiger partial charge in [-0.3, -0.25) is 4.79 Å². The van der Waals surface area contributed by atoms with Crippen molar-refractivity contribution < 1.29 is 23.8 Å². The smallest absolute Gasteiger partial charge is 0.340 e. The van der Waals surface area contributed by atoms with Gasteiger partial charge in [-0.05, 0) is 38.5 Å². The Morgan fingerprint density at radius 2 is 1.88 bits per heavy atom. The summed E-state index contributed by atoms with van der Waals surface area (Å²) >= 11 is 0. The van der Waals surface area contributed by atoms with Gasteiger partial charge in [0.25, 0.3) is 0 Å². The van der Waals surface area contributed by atoms with Crippen LogP contribution in [0.15, 0.2) is 24.3 Å². The third kappa shape index (κ3) is 3.76. The van der Waals surface area contributed by atoms with Gasteiger partial charge in [-0.1, -0.05) is 6.07 Å². The first-order chi connectivity index (χ1) is 11.5. The molecule has 6 heteroatoms. The van der Waals surface area contributed by atoms with Gasteiger partial charge in [0.2, 0.25) is 5.78 Å². The Balaban J connectivity index is 2.12. The zero-order valence-electron chi connectivity index (χ0n) is 14.3. The number of esters is 1. The van der Waals surface area contributed by atoms with Crippen LogP contribution in [0.5, 0.6) is 11.5 Å². The number of benzene rings is 1. The van der Waals surface area contributed by atoms with Gasteiger partial charge in [-0.15, -0.1) is 0 Å². The molecule has 0 bridgehead atoms. The van der Waals surface area contributed by atoms with E-state index >= 15 is 0 Å². The van der Waals surface area contributed by atoms with Crippen LogP contribution in [0.4, 0.5) is 0 Å². The Kier molecular flexibility index (Phi) is 5.63. The highest BCUT2D eigenvalue weighted by Crippen LogP contribution is 2.21. The fourth-order valence-electron chi connectivity index (χ4n) is 2.45. The van der Waals surface area contributed by atoms with E-state index in [1.54, 1.807) is 52.1 Å². The molecule has 0 unspecified atom stereocenters. The van der Waals surface area contributed by atoms with Crippen LogP contribution in [-0.4, -0.2) is 37.1 Å². The third-order valence-electron chi connectivity index (χ3n) is 3.61. The van der Waals surface area contributed by atoms with E-state index in [2.05, 4.69) is 4.98 Å². The SMILES string of the molecule is CCOC(=O)c1c(C)[nH]c(C(=O)COc2cccc(OC)c2)c1C. The second-order valence-corrected chi connectivity index (χ2v) is 5.24. The van der Waals surface area contributed by atoms with E-state index < -0.39 is 5.97 Å². The van der Waals surface area contributed by atoms with E-state index in [4.69, 9.17) is 14.2 Å². The molecule has 24 heavy (non-hydrogen) atoms. The van der Waals surface area contributed by atoms with Gasteiger partial charge in [0.1, 0.15) is 11.5 Å². The third-order valence-corrected chi connectivity index (χ3v) is 3.61. The van der Waals surface area contributed by atoms with Crippen LogP contribution in [0, 0.1) is 13.8 Å². The lowest BCUT2D eigenvalue weighted by Crippen LogP contribution is -2.13. The molecule has 0 aliphatic carbocycles. The van der Waals surface area contributed by atoms with Crippen molar-refractivity contribution in [2.24, 2.45) is 0 Å². The minimum absolute atomic E-state index is 0.143. The van der Waals surface area contributed by atoms with Gasteiger partial charge >= 0.3 is 5.97 Å². The number of nitrogens with one attached hydrogen (secondary N) is 1. The highest BCUT2D eigenvalue weighted by molar-refractivity contribution is 6.02. The number of methoxy groups -OCH3 is 1. The lowest BCUT2D eigenvalue weighted by Gasteiger charge is -2.07. The zero-order valence-corrected chi connectivity index (χ0v) is 14.3. The normalized spacial score (nSPS) is 10.3. The molecule has 0 spiro atoms. The molecular formula is C18H21NO5. The van der Waals surface area contributed by atoms with E-state index in [0.717, 1.165) is 0 Å². The number of hydrogen-bond acceptors (Lipinski definition) is 5. The van der Waals surface area contributed by atoms with Crippen molar-refractivity contribution in [2.75, 3.05) is 20.3 Å². The molecule has 2 rings (SSSR count). The number of aryl methyl sites for hydroxylation is 1. The summed E-state index contributed by atoms with van der Waals surface area (Å²) < 4.78 is 15.6. The van der Waals surface area contributed by atoms with Crippen molar-refractivity contribution in [1.82, 2.24) is 4.98 Å². The van der Waals surface area contributed by atoms with Crippen LogP contribution >= 0.6 is 0 Å². The summed E-state index contributed by atoms with van der Waals surface area (Å²) in [4.78, 5) is 27.3. The summed E-state index contributed by atoms with van der Waals surface area (Å²) in [5.74, 6) is 0.510. The summed E-state index contributed by atoms with van der Waals surface area (Å²) in [7, 11) is 1.56. The fraction of sp³-hybridized carbons (Fsp3) is 0.333. The van der Waals surface area contributed by atoms with Gasteiger partial charge in [0, 0.05) is 11.8 Å². The van der Waals surface area contributed by atoms with E-state index in [0.29, 0.717) is 34.0 Å². The molecule has 2 aromatic rings. The Morgan fingerprint density at radius 1 is 1.17 bits per heavy atom. The number of aromatic nitrogens is 1. The second kappa shape index (κ2) is 7.68. The molecular weight excluding hydrogens is 310 g/mol. The molecule has 0 fully saturated rings. The van der Waals surface area contributed by atoms with E-state index in [9.17, 15) is 9.59 Å². The van der Waals surface area contributed by atoms with Crippen molar-refractivity contribution in [3.05, 3.63) is 46.8 Å². The first kappa shape index (κ1) is 17.6. The average molecular weight is 331 g/mol. The van der Waals surface area contributed by atoms with Gasteiger partial charge in [0.15, 0.2) is 6.61 Å². The highest BCUT2D eigenvalue weighted by Gasteiger charge is 2.23. The standard InChI is InChI=1S/C18H21NO5/c1-5-23-18(21)16-11(2)17(19-12(16)3)15(20)10-24-14-8-6-7-13(9-14)22-4/h6-9,19H,5,10H2,1-4H3. The summed E-state index contributed by atoms with van der Waals surface area (Å²) in [5, 5.41) is 0. The summed E-state index contributed by atoms with van der Waals surface area (Å²) in [6.45, 7) is 5.33. The van der Waals surface area contributed by atoms with Crippen LogP contribution in [-0.2, 0) is 4.74 Å². The minimum Gasteiger partial charge on any atom is -0.497 e. The van der Waals surface area contributed by atoms with Crippen molar-refractivity contribution in [3.63, 3.8) is 0 Å². The van der Waals surface area contributed by atoms with Crippen LogP contribution in [0.1, 0.15) is 39.0 Å². The number of carbonyl (C=O) groups excluding carboxylic acids is 2. The number of ketones is 1. The molecule has 1 N–H and O–H groups in total. The minimum atomic E-state index is -0.434. The summed E-state index contributed by atoms with van der Waals surface area (Å²) in [5.41, 5.74) is 1.95. The van der Waals surface area contributed by atoms with Crippen LogP contribution in [0.3, 0.4) is 0 Å². The molecule has 0 saturated carbocycles. The van der Waals surface area contributed by atoms with Crippen molar-refractivity contribution in [2.45, 2.75) is 20.8 Å². The molecule has 1 aromatic carbocycles. The number of H-pyrrole nitrogens is 1. The van der Waals surface area contributed by atoms with Gasteiger partial charge in [-0.25, -0.2) is 4.79 Å². The molecule has 0 radical (unpaired) electrons. The lowest BCUT2D eigenvalue weighted by atomic mass is 10.1. The number of Topliss-reactive ketones (excluding diaryl/α,β-unsaturated/α-hetero) is 1. The van der Waals surface area contributed by atoms with Gasteiger partial charge in [-0.2, -0.15) is 0 Å². The first-order valence-corrected chi connectivity index (χ1v) is 7.64. The topological polar surface area (TPSA) is 77.6 Å². The summed E-state index contributed by atoms with van der Waals surface area (Å²) in [6, 6.07) is 7.01. The molecule has 0 saturated heterocycles. The van der Waals surface area contributed by atoms with E-state index in [1.165, 1.54) is 0 Å². The fourth-order valence-corrected chi connectivity index (χ4v) is 2.45. The molecule has 0 amide bonds. The molecule has 128 valence electrons. The number of hydrogen-bond donors (Lipinski definition) is 1. The molecule has 0 aliphatic rings. The molecule has 0 atom stereocenters. The maximum Gasteiger partial charge on any atom is 0.340 e. The Bertz CT molecular complexity index is 748. The molecule has 0 aliphatic heterocycles. The number of aromatic amines is 1. The average Bonchev–Trinajstić information content (AvgIpc) is 2.87. The van der Waals surface area contributed by atoms with Crippen molar-refractivity contribution in [3.8, 4) is 11.5 Å². The largest absolute Gasteiger partial charge is 0.497 e. The molecule has 6 nitrogen and oxygen atoms in total. The van der Waals surface area contributed by atoms with Crippen LogP contribution in [0.25, 0.3) is 0 Å². The Labute approximate surface area is 140 Å². The zero-order chi connectivity index (χ0) is 17.7. The predicted octanol–water partition coefficient (Wildman–Crippen LogP) is 3.08. The predicted molar refractivity (Wildman–Crippen MR) is 89.0 cm³/mol. The van der Waals surface area contributed by atoms with Crippen LogP contribution < -0.4 is 9.47 Å². The Hall–Kier alpha value is -2.76. The molecule has 1 heterocycles. The van der Waals surface area contributed by atoms with Crippen LogP contribution in [0.2, 0.25) is 0 Å². The van der Waals surface area contributed by atoms with Crippen molar-refractivity contribution >= 4 is 11.8 Å². The molecule has 1 aromatic heterocycles. The van der Waals surface area contributed by atoms with E-state index in [-0.39, 0.29) is 19.0 Å². The quantitative estimate of drug-likeness (QED) is 0.623. The first-order valence-electron chi connectivity index (χ1n) is 7.64. The van der Waals surface area contributed by atoms with E-state index in [1.807, 2.05) is 0 Å². The second-order valence-electron chi connectivity index (χ2n) is 5.24. The monoisotopic (exact) mass is 331 g/mol. The number of carbonyl (C=O) groups is 2. The highest BCUT2D eigenvalue weighted by atomic mass is 16.5. The number of rotatable bonds is 7. The van der Waals surface area contributed by atoms with Crippen molar-refractivity contribution in [1.29, 1.82) is 0 Å². The summed E-state index contributed by atoms with van der Waals surface area (Å²) in [6.07, 6.45) is 0. The maximum absolute atomic E-state index is 12.4. The lowest BCUT2D eigenvalue weighted by molar-refractivity contribution is 0.0525. The Morgan fingerprint density at radius 3 is 2.54 bits per heavy atom. The maximum atomic E-state index is 12.4.